The molecule has 6 nitrogen and oxygen atoms in total. The van der Waals surface area contributed by atoms with E-state index in [1.807, 2.05) is 36.4 Å². The van der Waals surface area contributed by atoms with Crippen molar-refractivity contribution in [1.82, 2.24) is 4.90 Å². The highest BCUT2D eigenvalue weighted by atomic mass is 32.2. The number of amides is 1. The van der Waals surface area contributed by atoms with Gasteiger partial charge in [0.05, 0.1) is 12.0 Å². The van der Waals surface area contributed by atoms with Gasteiger partial charge in [-0.3, -0.25) is 14.5 Å². The zero-order valence-electron chi connectivity index (χ0n) is 15.9. The molecule has 1 aliphatic heterocycles. The van der Waals surface area contributed by atoms with Gasteiger partial charge >= 0.3 is 5.97 Å². The van der Waals surface area contributed by atoms with Crippen LogP contribution in [0.1, 0.15) is 31.4 Å². The van der Waals surface area contributed by atoms with Crippen LogP contribution in [0.2, 0.25) is 0 Å². The average molecular weight is 432 g/mol. The highest BCUT2D eigenvalue weighted by Gasteiger charge is 2.31. The fourth-order valence-corrected chi connectivity index (χ4v) is 4.17. The molecule has 0 unspecified atom stereocenters. The van der Waals surface area contributed by atoms with E-state index in [1.165, 1.54) is 11.8 Å². The normalized spacial score (nSPS) is 15.3. The summed E-state index contributed by atoms with van der Waals surface area (Å²) >= 11 is 6.58. The first-order valence-corrected chi connectivity index (χ1v) is 10.4. The van der Waals surface area contributed by atoms with E-state index < -0.39 is 5.97 Å². The zero-order chi connectivity index (χ0) is 20.8. The summed E-state index contributed by atoms with van der Waals surface area (Å²) < 4.78 is 11.5. The number of nitrogens with zero attached hydrogens (tertiary/aromatic N) is 1. The van der Waals surface area contributed by atoms with Crippen molar-refractivity contribution in [3.8, 4) is 17.1 Å². The number of hydrogen-bond donors (Lipinski definition) is 1. The van der Waals surface area contributed by atoms with E-state index in [0.29, 0.717) is 33.7 Å². The van der Waals surface area contributed by atoms with Gasteiger partial charge in [-0.15, -0.1) is 0 Å². The molecule has 2 aromatic rings. The summed E-state index contributed by atoms with van der Waals surface area (Å²) in [5, 5.41) is 8.67. The van der Waals surface area contributed by atoms with Gasteiger partial charge in [0.15, 0.2) is 0 Å². The standard InChI is InChI=1S/C21H21NO5S2/c1-26-15-8-6-14(7-9-15)17-11-10-16(27-17)13-18-20(25)22(21(28)29-18)12-4-2-3-5-19(23)24/h6-11,13H,2-5,12H2,1H3,(H,23,24)/b18-13-. The number of carboxylic acids is 1. The third-order valence-corrected chi connectivity index (χ3v) is 5.80. The van der Waals surface area contributed by atoms with Crippen LogP contribution in [0.25, 0.3) is 17.4 Å². The van der Waals surface area contributed by atoms with Crippen molar-refractivity contribution in [3.63, 3.8) is 0 Å². The highest BCUT2D eigenvalue weighted by molar-refractivity contribution is 8.26. The van der Waals surface area contributed by atoms with Crippen molar-refractivity contribution in [3.05, 3.63) is 47.1 Å². The molecule has 0 bridgehead atoms. The molecule has 0 radical (unpaired) electrons. The van der Waals surface area contributed by atoms with Gasteiger partial charge in [-0.05, 0) is 49.2 Å². The molecule has 0 aliphatic carbocycles. The maximum absolute atomic E-state index is 12.6. The molecule has 1 aromatic carbocycles. The van der Waals surface area contributed by atoms with Gasteiger partial charge in [0, 0.05) is 24.6 Å². The largest absolute Gasteiger partial charge is 0.497 e. The van der Waals surface area contributed by atoms with Crippen molar-refractivity contribution in [2.24, 2.45) is 0 Å². The van der Waals surface area contributed by atoms with Crippen LogP contribution < -0.4 is 4.74 Å². The SMILES string of the molecule is COc1ccc(-c2ccc(/C=C3\SC(=S)N(CCCCCC(=O)O)C3=O)o2)cc1. The molecule has 152 valence electrons. The number of thiocarbonyl (C=S) groups is 1. The second-order valence-electron chi connectivity index (χ2n) is 6.47. The Morgan fingerprint density at radius 1 is 1.21 bits per heavy atom. The smallest absolute Gasteiger partial charge is 0.303 e. The summed E-state index contributed by atoms with van der Waals surface area (Å²) in [5.41, 5.74) is 0.916. The topological polar surface area (TPSA) is 80.0 Å². The van der Waals surface area contributed by atoms with Gasteiger partial charge < -0.3 is 14.3 Å². The third-order valence-electron chi connectivity index (χ3n) is 4.42. The Bertz CT molecular complexity index is 933. The highest BCUT2D eigenvalue weighted by Crippen LogP contribution is 2.34. The van der Waals surface area contributed by atoms with Crippen molar-refractivity contribution in [1.29, 1.82) is 0 Å². The number of methoxy groups -OCH3 is 1. The van der Waals surface area contributed by atoms with Gasteiger partial charge in [0.2, 0.25) is 0 Å². The van der Waals surface area contributed by atoms with Crippen molar-refractivity contribution >= 4 is 46.3 Å². The predicted octanol–water partition coefficient (Wildman–Crippen LogP) is 4.80. The second kappa shape index (κ2) is 9.76. The quantitative estimate of drug-likeness (QED) is 0.347. The molecule has 0 saturated carbocycles. The molecule has 1 saturated heterocycles. The van der Waals surface area contributed by atoms with Gasteiger partial charge in [-0.1, -0.05) is 30.4 Å². The molecular weight excluding hydrogens is 410 g/mol. The first-order chi connectivity index (χ1) is 14.0. The van der Waals surface area contributed by atoms with E-state index in [4.69, 9.17) is 26.5 Å². The van der Waals surface area contributed by atoms with E-state index in [-0.39, 0.29) is 12.3 Å². The lowest BCUT2D eigenvalue weighted by atomic mass is 10.2. The number of benzene rings is 1. The Morgan fingerprint density at radius 3 is 2.66 bits per heavy atom. The molecule has 0 spiro atoms. The minimum absolute atomic E-state index is 0.138. The third kappa shape index (κ3) is 5.48. The van der Waals surface area contributed by atoms with Crippen LogP contribution in [0.4, 0.5) is 0 Å². The van der Waals surface area contributed by atoms with Gasteiger partial charge in [0.1, 0.15) is 21.6 Å². The number of ether oxygens (including phenoxy) is 1. The maximum atomic E-state index is 12.6. The number of carboxylic acid groups (broad SMARTS) is 1. The monoisotopic (exact) mass is 431 g/mol. The van der Waals surface area contributed by atoms with E-state index in [1.54, 1.807) is 18.1 Å². The minimum atomic E-state index is -0.800. The van der Waals surface area contributed by atoms with Crippen molar-refractivity contribution in [2.75, 3.05) is 13.7 Å². The molecule has 1 aromatic heterocycles. The Balaban J connectivity index is 1.62. The number of furan rings is 1. The number of aliphatic carboxylic acids is 1. The van der Waals surface area contributed by atoms with E-state index >= 15 is 0 Å². The molecule has 1 amide bonds. The summed E-state index contributed by atoms with van der Waals surface area (Å²) in [4.78, 5) is 25.3. The van der Waals surface area contributed by atoms with Crippen LogP contribution in [0.15, 0.2) is 45.7 Å². The number of thioether (sulfide) groups is 1. The molecule has 1 aliphatic rings. The van der Waals surface area contributed by atoms with Crippen LogP contribution in [0.3, 0.4) is 0 Å². The van der Waals surface area contributed by atoms with Crippen LogP contribution in [-0.4, -0.2) is 39.9 Å². The maximum Gasteiger partial charge on any atom is 0.303 e. The summed E-state index contributed by atoms with van der Waals surface area (Å²) in [6.45, 7) is 0.497. The number of carbonyl (C=O) groups excluding carboxylic acids is 1. The Hall–Kier alpha value is -2.58. The first-order valence-electron chi connectivity index (χ1n) is 9.19. The number of rotatable bonds is 9. The van der Waals surface area contributed by atoms with Gasteiger partial charge in [-0.25, -0.2) is 0 Å². The Kier molecular flexibility index (Phi) is 7.11. The molecule has 3 rings (SSSR count). The summed E-state index contributed by atoms with van der Waals surface area (Å²) in [6, 6.07) is 11.2. The predicted molar refractivity (Wildman–Crippen MR) is 117 cm³/mol. The minimum Gasteiger partial charge on any atom is -0.497 e. The summed E-state index contributed by atoms with van der Waals surface area (Å²) in [7, 11) is 1.62. The van der Waals surface area contributed by atoms with Gasteiger partial charge in [-0.2, -0.15) is 0 Å². The molecule has 1 fully saturated rings. The van der Waals surface area contributed by atoms with Crippen LogP contribution in [0.5, 0.6) is 5.75 Å². The molecular formula is C21H21NO5S2. The summed E-state index contributed by atoms with van der Waals surface area (Å²) in [5.74, 6) is 1.12. The van der Waals surface area contributed by atoms with E-state index in [2.05, 4.69) is 0 Å². The van der Waals surface area contributed by atoms with Gasteiger partial charge in [0.25, 0.3) is 5.91 Å². The Morgan fingerprint density at radius 2 is 1.97 bits per heavy atom. The summed E-state index contributed by atoms with van der Waals surface area (Å²) in [6.07, 6.45) is 3.91. The zero-order valence-corrected chi connectivity index (χ0v) is 17.6. The van der Waals surface area contributed by atoms with Crippen molar-refractivity contribution < 1.29 is 23.8 Å². The number of carbonyl (C=O) groups is 2. The number of unbranched alkanes of at least 4 members (excludes halogenated alkanes) is 2. The molecule has 8 heteroatoms. The fraction of sp³-hybridized carbons (Fsp3) is 0.286. The van der Waals surface area contributed by atoms with Crippen LogP contribution in [-0.2, 0) is 9.59 Å². The molecule has 29 heavy (non-hydrogen) atoms. The number of hydrogen-bond acceptors (Lipinski definition) is 6. The van der Waals surface area contributed by atoms with Crippen LogP contribution in [0, 0.1) is 0 Å². The molecule has 2 heterocycles. The lowest BCUT2D eigenvalue weighted by Crippen LogP contribution is -2.29. The first kappa shape index (κ1) is 21.1. The molecule has 0 atom stereocenters. The molecule has 1 N–H and O–H groups in total. The van der Waals surface area contributed by atoms with Crippen LogP contribution >= 0.6 is 24.0 Å². The Labute approximate surface area is 178 Å². The van der Waals surface area contributed by atoms with Crippen molar-refractivity contribution in [2.45, 2.75) is 25.7 Å². The second-order valence-corrected chi connectivity index (χ2v) is 8.14. The lowest BCUT2D eigenvalue weighted by molar-refractivity contribution is -0.137. The van der Waals surface area contributed by atoms with E-state index in [9.17, 15) is 9.59 Å². The fourth-order valence-electron chi connectivity index (χ4n) is 2.89. The average Bonchev–Trinajstić information content (AvgIpc) is 3.27. The van der Waals surface area contributed by atoms with E-state index in [0.717, 1.165) is 24.2 Å². The lowest BCUT2D eigenvalue weighted by Gasteiger charge is -2.13.